The molecule has 4 rings (SSSR count). The van der Waals surface area contributed by atoms with Crippen LogP contribution < -0.4 is 4.74 Å². The summed E-state index contributed by atoms with van der Waals surface area (Å²) in [5.41, 5.74) is 1.98. The number of nitriles is 1. The van der Waals surface area contributed by atoms with Crippen LogP contribution in [-0.2, 0) is 15.6 Å². The molecular weight excluding hydrogens is 454 g/mol. The van der Waals surface area contributed by atoms with Gasteiger partial charge in [-0.25, -0.2) is 13.4 Å². The minimum atomic E-state index is -3.70. The number of para-hydroxylation sites is 1. The molecule has 0 fully saturated rings. The maximum Gasteiger partial charge on any atom is 0.185 e. The number of benzene rings is 3. The van der Waals surface area contributed by atoms with E-state index < -0.39 is 9.84 Å². The van der Waals surface area contributed by atoms with E-state index in [0.717, 1.165) is 22.7 Å². The van der Waals surface area contributed by atoms with Crippen LogP contribution in [0.5, 0.6) is 11.5 Å². The first-order valence-corrected chi connectivity index (χ1v) is 12.7. The Bertz CT molecular complexity index is 1420. The molecule has 0 saturated carbocycles. The lowest BCUT2D eigenvalue weighted by molar-refractivity contribution is 0.482. The fraction of sp³-hybridized carbons (Fsp3) is 0.160. The van der Waals surface area contributed by atoms with Crippen LogP contribution in [0.3, 0.4) is 0 Å². The molecule has 0 N–H and O–H groups in total. The molecule has 0 bridgehead atoms. The van der Waals surface area contributed by atoms with Crippen LogP contribution in [0.1, 0.15) is 36.2 Å². The number of nitrogens with zero attached hydrogens (tertiary/aromatic N) is 3. The van der Waals surface area contributed by atoms with Crippen molar-refractivity contribution in [3.63, 3.8) is 0 Å². The van der Waals surface area contributed by atoms with Gasteiger partial charge in [0, 0.05) is 11.5 Å². The van der Waals surface area contributed by atoms with Crippen LogP contribution >= 0.6 is 11.5 Å². The number of sulfone groups is 1. The maximum absolute atomic E-state index is 12.9. The Labute approximate surface area is 197 Å². The summed E-state index contributed by atoms with van der Waals surface area (Å²) in [7, 11) is -3.70. The topological polar surface area (TPSA) is 92.9 Å². The predicted molar refractivity (Wildman–Crippen MR) is 128 cm³/mol. The number of aromatic nitrogens is 2. The molecule has 0 amide bonds. The molecule has 0 aliphatic carbocycles. The molecule has 8 heteroatoms. The van der Waals surface area contributed by atoms with Gasteiger partial charge in [-0.1, -0.05) is 62.4 Å². The predicted octanol–water partition coefficient (Wildman–Crippen LogP) is 5.97. The molecular formula is C25H21N3O3S2. The van der Waals surface area contributed by atoms with E-state index in [2.05, 4.69) is 15.4 Å². The van der Waals surface area contributed by atoms with Crippen molar-refractivity contribution in [2.24, 2.45) is 0 Å². The molecule has 0 aliphatic rings. The van der Waals surface area contributed by atoms with E-state index in [1.54, 1.807) is 0 Å². The van der Waals surface area contributed by atoms with E-state index in [9.17, 15) is 13.7 Å². The van der Waals surface area contributed by atoms with Gasteiger partial charge in [0.05, 0.1) is 10.5 Å². The minimum absolute atomic E-state index is 0.0454. The molecule has 0 spiro atoms. The lowest BCUT2D eigenvalue weighted by Gasteiger charge is -2.13. The van der Waals surface area contributed by atoms with Crippen LogP contribution in [0.15, 0.2) is 77.7 Å². The fourth-order valence-corrected chi connectivity index (χ4v) is 5.61. The van der Waals surface area contributed by atoms with E-state index in [1.807, 2.05) is 68.4 Å². The van der Waals surface area contributed by atoms with Crippen molar-refractivity contribution in [1.29, 1.82) is 5.26 Å². The normalized spacial score (nSPS) is 11.3. The quantitative estimate of drug-likeness (QED) is 0.327. The van der Waals surface area contributed by atoms with Crippen LogP contribution in [0.25, 0.3) is 11.1 Å². The van der Waals surface area contributed by atoms with Gasteiger partial charge < -0.3 is 4.74 Å². The molecule has 0 unspecified atom stereocenters. The van der Waals surface area contributed by atoms with Gasteiger partial charge in [-0.05, 0) is 41.4 Å². The third-order valence-corrected chi connectivity index (χ3v) is 7.47. The molecule has 0 saturated heterocycles. The van der Waals surface area contributed by atoms with Gasteiger partial charge in [0.2, 0.25) is 0 Å². The average Bonchev–Trinajstić information content (AvgIpc) is 3.28. The Kier molecular flexibility index (Phi) is 6.54. The van der Waals surface area contributed by atoms with Gasteiger partial charge in [0.15, 0.2) is 9.84 Å². The van der Waals surface area contributed by atoms with Crippen LogP contribution in [0.4, 0.5) is 0 Å². The largest absolute Gasteiger partial charge is 0.455 e. The fourth-order valence-electron chi connectivity index (χ4n) is 3.22. The average molecular weight is 476 g/mol. The number of rotatable bonds is 7. The Morgan fingerprint density at radius 2 is 1.73 bits per heavy atom. The van der Waals surface area contributed by atoms with E-state index >= 15 is 0 Å². The number of hydrogen-bond acceptors (Lipinski definition) is 7. The van der Waals surface area contributed by atoms with Crippen molar-refractivity contribution in [2.45, 2.75) is 30.4 Å². The first kappa shape index (κ1) is 22.6. The van der Waals surface area contributed by atoms with Crippen molar-refractivity contribution in [2.75, 3.05) is 0 Å². The Balaban J connectivity index is 1.62. The second kappa shape index (κ2) is 9.53. The summed E-state index contributed by atoms with van der Waals surface area (Å²) in [5, 5.41) is 10.1. The summed E-state index contributed by atoms with van der Waals surface area (Å²) < 4.78 is 36.2. The number of hydrogen-bond donors (Lipinski definition) is 0. The highest BCUT2D eigenvalue weighted by Crippen LogP contribution is 2.35. The highest BCUT2D eigenvalue weighted by molar-refractivity contribution is 7.90. The maximum atomic E-state index is 12.9. The molecule has 33 heavy (non-hydrogen) atoms. The van der Waals surface area contributed by atoms with Crippen molar-refractivity contribution in [3.05, 3.63) is 89.2 Å². The van der Waals surface area contributed by atoms with Gasteiger partial charge in [-0.2, -0.15) is 9.64 Å². The summed E-state index contributed by atoms with van der Waals surface area (Å²) in [6.07, 6.45) is 0. The first-order valence-electron chi connectivity index (χ1n) is 10.3. The third kappa shape index (κ3) is 5.11. The Morgan fingerprint density at radius 1 is 1.00 bits per heavy atom. The SMILES string of the molecule is CC(C)c1nsc(CS(=O)(=O)c2ccc(Oc3ccccc3-c3ccccc3)c(C#N)c2)n1. The molecule has 3 aromatic carbocycles. The highest BCUT2D eigenvalue weighted by atomic mass is 32.2. The van der Waals surface area contributed by atoms with E-state index in [1.165, 1.54) is 18.2 Å². The van der Waals surface area contributed by atoms with E-state index in [-0.39, 0.29) is 27.9 Å². The molecule has 6 nitrogen and oxygen atoms in total. The molecule has 0 atom stereocenters. The van der Waals surface area contributed by atoms with E-state index in [0.29, 0.717) is 16.6 Å². The Hall–Kier alpha value is -3.54. The van der Waals surface area contributed by atoms with Crippen molar-refractivity contribution in [3.8, 4) is 28.7 Å². The molecule has 0 aliphatic heterocycles. The first-order chi connectivity index (χ1) is 15.9. The smallest absolute Gasteiger partial charge is 0.185 e. The van der Waals surface area contributed by atoms with Gasteiger partial charge in [-0.3, -0.25) is 0 Å². The van der Waals surface area contributed by atoms with Crippen molar-refractivity contribution < 1.29 is 13.2 Å². The van der Waals surface area contributed by atoms with Crippen LogP contribution in [0.2, 0.25) is 0 Å². The van der Waals surface area contributed by atoms with Crippen LogP contribution in [-0.4, -0.2) is 17.8 Å². The monoisotopic (exact) mass is 475 g/mol. The summed E-state index contributed by atoms with van der Waals surface area (Å²) in [5.74, 6) is 1.35. The lowest BCUT2D eigenvalue weighted by atomic mass is 10.0. The van der Waals surface area contributed by atoms with E-state index in [4.69, 9.17) is 4.74 Å². The van der Waals surface area contributed by atoms with Crippen molar-refractivity contribution in [1.82, 2.24) is 9.36 Å². The zero-order valence-corrected chi connectivity index (χ0v) is 19.7. The zero-order chi connectivity index (χ0) is 23.4. The lowest BCUT2D eigenvalue weighted by Crippen LogP contribution is -2.06. The molecule has 1 aromatic heterocycles. The second-order valence-electron chi connectivity index (χ2n) is 7.69. The highest BCUT2D eigenvalue weighted by Gasteiger charge is 2.21. The molecule has 1 heterocycles. The molecule has 4 aromatic rings. The summed E-state index contributed by atoms with van der Waals surface area (Å²) in [4.78, 5) is 4.36. The minimum Gasteiger partial charge on any atom is -0.455 e. The van der Waals surface area contributed by atoms with Gasteiger partial charge >= 0.3 is 0 Å². The molecule has 166 valence electrons. The van der Waals surface area contributed by atoms with Crippen molar-refractivity contribution >= 4 is 21.4 Å². The van der Waals surface area contributed by atoms with Gasteiger partial charge in [0.1, 0.15) is 34.2 Å². The summed E-state index contributed by atoms with van der Waals surface area (Å²) in [6, 6.07) is 23.7. The van der Waals surface area contributed by atoms with Gasteiger partial charge in [0.25, 0.3) is 0 Å². The van der Waals surface area contributed by atoms with Gasteiger partial charge in [-0.15, -0.1) is 0 Å². The summed E-state index contributed by atoms with van der Waals surface area (Å²) in [6.45, 7) is 3.91. The third-order valence-electron chi connectivity index (χ3n) is 4.94. The molecule has 0 radical (unpaired) electrons. The second-order valence-corrected chi connectivity index (χ2v) is 10.5. The summed E-state index contributed by atoms with van der Waals surface area (Å²) >= 11 is 1.08. The number of ether oxygens (including phenoxy) is 1. The Morgan fingerprint density at radius 3 is 2.42 bits per heavy atom. The standard InChI is InChI=1S/C25H21N3O3S2/c1-17(2)25-27-24(32-28-25)16-33(29,30)20-12-13-22(19(14-20)15-26)31-23-11-7-6-10-21(23)18-8-4-3-5-9-18/h3-14,17H,16H2,1-2H3. The zero-order valence-electron chi connectivity index (χ0n) is 18.1. The van der Waals surface area contributed by atoms with Crippen LogP contribution in [0, 0.1) is 11.3 Å².